The molecular weight excluding hydrogens is 214 g/mol. The van der Waals surface area contributed by atoms with E-state index in [4.69, 9.17) is 10.5 Å². The van der Waals surface area contributed by atoms with Gasteiger partial charge in [-0.2, -0.15) is 5.10 Å². The molecule has 2 N–H and O–H groups in total. The lowest BCUT2D eigenvalue weighted by molar-refractivity contribution is 0.0164. The van der Waals surface area contributed by atoms with Crippen LogP contribution in [0.1, 0.15) is 43.5 Å². The zero-order chi connectivity index (χ0) is 12.3. The first-order valence-corrected chi connectivity index (χ1v) is 6.53. The largest absolute Gasteiger partial charge is 0.370 e. The predicted octanol–water partition coefficient (Wildman–Crippen LogP) is 1.91. The fourth-order valence-corrected chi connectivity index (χ4v) is 2.50. The Morgan fingerprint density at radius 1 is 1.41 bits per heavy atom. The van der Waals surface area contributed by atoms with Gasteiger partial charge in [0.25, 0.3) is 0 Å². The Labute approximate surface area is 103 Å². The molecular formula is C13H23N3O. The molecule has 0 aliphatic heterocycles. The normalized spacial score (nSPS) is 25.8. The van der Waals surface area contributed by atoms with Crippen LogP contribution in [0.2, 0.25) is 0 Å². The molecule has 0 aromatic carbocycles. The summed E-state index contributed by atoms with van der Waals surface area (Å²) in [6.45, 7) is 2.62. The van der Waals surface area contributed by atoms with Crippen molar-refractivity contribution in [2.24, 2.45) is 12.8 Å². The third-order valence-corrected chi connectivity index (χ3v) is 3.55. The Balaban J connectivity index is 1.90. The van der Waals surface area contributed by atoms with E-state index in [2.05, 4.69) is 11.2 Å². The standard InChI is InChI=1S/C13H23N3O/c1-10-8-11(16(2)15-10)9-17-13-7-5-3-4-6-12(13)14/h8,12-13H,3-7,9,14H2,1-2H3. The van der Waals surface area contributed by atoms with Gasteiger partial charge in [-0.25, -0.2) is 0 Å². The Hall–Kier alpha value is -0.870. The summed E-state index contributed by atoms with van der Waals surface area (Å²) >= 11 is 0. The highest BCUT2D eigenvalue weighted by atomic mass is 16.5. The first-order valence-electron chi connectivity index (χ1n) is 6.53. The Kier molecular flexibility index (Phi) is 4.18. The maximum atomic E-state index is 6.14. The third-order valence-electron chi connectivity index (χ3n) is 3.55. The second-order valence-electron chi connectivity index (χ2n) is 5.05. The van der Waals surface area contributed by atoms with Crippen LogP contribution in [-0.4, -0.2) is 21.9 Å². The molecule has 1 aromatic heterocycles. The van der Waals surface area contributed by atoms with Crippen LogP contribution in [0.25, 0.3) is 0 Å². The molecule has 96 valence electrons. The molecule has 4 nitrogen and oxygen atoms in total. The molecule has 0 spiro atoms. The van der Waals surface area contributed by atoms with Crippen LogP contribution < -0.4 is 5.73 Å². The number of hydrogen-bond donors (Lipinski definition) is 1. The smallest absolute Gasteiger partial charge is 0.0889 e. The lowest BCUT2D eigenvalue weighted by atomic mass is 10.1. The van der Waals surface area contributed by atoms with Crippen LogP contribution in [-0.2, 0) is 18.4 Å². The van der Waals surface area contributed by atoms with Crippen LogP contribution in [0, 0.1) is 6.92 Å². The van der Waals surface area contributed by atoms with E-state index in [1.54, 1.807) is 0 Å². The van der Waals surface area contributed by atoms with Gasteiger partial charge in [0.2, 0.25) is 0 Å². The average molecular weight is 237 g/mol. The van der Waals surface area contributed by atoms with Crippen molar-refractivity contribution in [1.82, 2.24) is 9.78 Å². The molecule has 1 fully saturated rings. The SMILES string of the molecule is Cc1cc(COC2CCCCCC2N)n(C)n1. The minimum Gasteiger partial charge on any atom is -0.370 e. The second kappa shape index (κ2) is 5.65. The summed E-state index contributed by atoms with van der Waals surface area (Å²) in [6.07, 6.45) is 6.17. The molecule has 1 heterocycles. The number of aryl methyl sites for hydroxylation is 2. The summed E-state index contributed by atoms with van der Waals surface area (Å²) in [4.78, 5) is 0. The minimum absolute atomic E-state index is 0.201. The minimum atomic E-state index is 0.201. The number of ether oxygens (including phenoxy) is 1. The van der Waals surface area contributed by atoms with Crippen molar-refractivity contribution < 1.29 is 4.74 Å². The number of rotatable bonds is 3. The van der Waals surface area contributed by atoms with E-state index in [1.807, 2.05) is 18.7 Å². The number of nitrogens with zero attached hydrogens (tertiary/aromatic N) is 2. The van der Waals surface area contributed by atoms with E-state index in [0.29, 0.717) is 6.61 Å². The molecule has 1 saturated carbocycles. The maximum absolute atomic E-state index is 6.14. The van der Waals surface area contributed by atoms with Crippen molar-refractivity contribution in [3.63, 3.8) is 0 Å². The van der Waals surface area contributed by atoms with Gasteiger partial charge in [-0.3, -0.25) is 4.68 Å². The summed E-state index contributed by atoms with van der Waals surface area (Å²) in [5.74, 6) is 0. The Morgan fingerprint density at radius 2 is 2.18 bits per heavy atom. The lowest BCUT2D eigenvalue weighted by Gasteiger charge is -2.21. The highest BCUT2D eigenvalue weighted by Gasteiger charge is 2.21. The summed E-state index contributed by atoms with van der Waals surface area (Å²) in [5.41, 5.74) is 8.30. The van der Waals surface area contributed by atoms with Crippen molar-refractivity contribution in [1.29, 1.82) is 0 Å². The van der Waals surface area contributed by atoms with Crippen molar-refractivity contribution in [3.05, 3.63) is 17.5 Å². The van der Waals surface area contributed by atoms with Crippen molar-refractivity contribution in [2.75, 3.05) is 0 Å². The molecule has 4 heteroatoms. The Bertz CT molecular complexity index is 362. The van der Waals surface area contributed by atoms with Crippen molar-refractivity contribution >= 4 is 0 Å². The van der Waals surface area contributed by atoms with Crippen LogP contribution in [0.5, 0.6) is 0 Å². The number of aromatic nitrogens is 2. The zero-order valence-electron chi connectivity index (χ0n) is 10.9. The first kappa shape index (κ1) is 12.6. The van der Waals surface area contributed by atoms with Gasteiger partial charge < -0.3 is 10.5 Å². The van der Waals surface area contributed by atoms with Gasteiger partial charge in [0.1, 0.15) is 0 Å². The van der Waals surface area contributed by atoms with Gasteiger partial charge in [0.15, 0.2) is 0 Å². The summed E-state index contributed by atoms with van der Waals surface area (Å²) in [7, 11) is 1.96. The van der Waals surface area contributed by atoms with E-state index in [-0.39, 0.29) is 12.1 Å². The van der Waals surface area contributed by atoms with Gasteiger partial charge in [0.05, 0.1) is 24.1 Å². The third kappa shape index (κ3) is 3.30. The van der Waals surface area contributed by atoms with Gasteiger partial charge in [-0.1, -0.05) is 19.3 Å². The van der Waals surface area contributed by atoms with Crippen molar-refractivity contribution in [3.8, 4) is 0 Å². The van der Waals surface area contributed by atoms with Gasteiger partial charge in [0, 0.05) is 13.1 Å². The highest BCUT2D eigenvalue weighted by molar-refractivity contribution is 5.07. The quantitative estimate of drug-likeness (QED) is 0.817. The molecule has 0 bridgehead atoms. The van der Waals surface area contributed by atoms with E-state index in [0.717, 1.165) is 24.2 Å². The molecule has 2 atom stereocenters. The van der Waals surface area contributed by atoms with Gasteiger partial charge in [-0.05, 0) is 25.8 Å². The van der Waals surface area contributed by atoms with E-state index >= 15 is 0 Å². The van der Waals surface area contributed by atoms with Crippen LogP contribution in [0.3, 0.4) is 0 Å². The van der Waals surface area contributed by atoms with E-state index in [9.17, 15) is 0 Å². The predicted molar refractivity (Wildman–Crippen MR) is 67.6 cm³/mol. The first-order chi connectivity index (χ1) is 8.16. The fourth-order valence-electron chi connectivity index (χ4n) is 2.50. The number of hydrogen-bond acceptors (Lipinski definition) is 3. The molecule has 2 rings (SSSR count). The van der Waals surface area contributed by atoms with Gasteiger partial charge >= 0.3 is 0 Å². The van der Waals surface area contributed by atoms with E-state index < -0.39 is 0 Å². The van der Waals surface area contributed by atoms with Crippen LogP contribution in [0.4, 0.5) is 0 Å². The van der Waals surface area contributed by atoms with Crippen LogP contribution in [0.15, 0.2) is 6.07 Å². The maximum Gasteiger partial charge on any atom is 0.0889 e. The summed E-state index contributed by atoms with van der Waals surface area (Å²) < 4.78 is 7.86. The average Bonchev–Trinajstić information content (AvgIpc) is 2.48. The monoisotopic (exact) mass is 237 g/mol. The fraction of sp³-hybridized carbons (Fsp3) is 0.769. The molecule has 1 aliphatic carbocycles. The summed E-state index contributed by atoms with van der Waals surface area (Å²) in [6, 6.07) is 2.27. The van der Waals surface area contributed by atoms with Gasteiger partial charge in [-0.15, -0.1) is 0 Å². The molecule has 2 unspecified atom stereocenters. The van der Waals surface area contributed by atoms with Crippen molar-refractivity contribution in [2.45, 2.75) is 57.8 Å². The van der Waals surface area contributed by atoms with E-state index in [1.165, 1.54) is 19.3 Å². The molecule has 0 amide bonds. The van der Waals surface area contributed by atoms with Crippen LogP contribution >= 0.6 is 0 Å². The number of nitrogens with two attached hydrogens (primary N) is 1. The molecule has 0 radical (unpaired) electrons. The molecule has 1 aromatic rings. The summed E-state index contributed by atoms with van der Waals surface area (Å²) in [5, 5.41) is 4.32. The zero-order valence-corrected chi connectivity index (χ0v) is 10.9. The molecule has 1 aliphatic rings. The lowest BCUT2D eigenvalue weighted by Crippen LogP contribution is -2.35. The highest BCUT2D eigenvalue weighted by Crippen LogP contribution is 2.20. The molecule has 0 saturated heterocycles. The second-order valence-corrected chi connectivity index (χ2v) is 5.05. The Morgan fingerprint density at radius 3 is 2.88 bits per heavy atom. The topological polar surface area (TPSA) is 53.1 Å². The molecule has 17 heavy (non-hydrogen) atoms.